The number of sulfonamides is 1. The van der Waals surface area contributed by atoms with Crippen LogP contribution in [0.5, 0.6) is 0 Å². The molecule has 0 saturated heterocycles. The van der Waals surface area contributed by atoms with E-state index >= 15 is 0 Å². The Morgan fingerprint density at radius 3 is 2.55 bits per heavy atom. The molecule has 7 heteroatoms. The van der Waals surface area contributed by atoms with Crippen LogP contribution in [0.4, 0.5) is 8.78 Å². The standard InChI is InChI=1S/C13H16ClF2NO2S/c14-7-2-8-17(11-3-1-4-11)20(18,19)13-9-10(15)5-6-12(13)16/h5-6,9,11H,1-4,7-8H2. The summed E-state index contributed by atoms with van der Waals surface area (Å²) in [6.07, 6.45) is 2.92. The van der Waals surface area contributed by atoms with Crippen LogP contribution in [0.25, 0.3) is 0 Å². The van der Waals surface area contributed by atoms with E-state index in [0.717, 1.165) is 37.5 Å². The molecule has 1 saturated carbocycles. The molecule has 0 radical (unpaired) electrons. The maximum Gasteiger partial charge on any atom is 0.246 e. The number of alkyl halides is 1. The molecule has 1 aromatic carbocycles. The number of hydrogen-bond donors (Lipinski definition) is 0. The largest absolute Gasteiger partial charge is 0.246 e. The Morgan fingerprint density at radius 2 is 2.00 bits per heavy atom. The molecule has 1 aliphatic rings. The third-order valence-electron chi connectivity index (χ3n) is 3.47. The highest BCUT2D eigenvalue weighted by atomic mass is 35.5. The van der Waals surface area contributed by atoms with E-state index in [9.17, 15) is 17.2 Å². The Kier molecular flexibility index (Phi) is 4.99. The summed E-state index contributed by atoms with van der Waals surface area (Å²) in [5.41, 5.74) is 0. The highest BCUT2D eigenvalue weighted by Crippen LogP contribution is 2.31. The van der Waals surface area contributed by atoms with E-state index < -0.39 is 26.6 Å². The van der Waals surface area contributed by atoms with Gasteiger partial charge in [-0.15, -0.1) is 11.6 Å². The topological polar surface area (TPSA) is 37.4 Å². The van der Waals surface area contributed by atoms with Crippen LogP contribution >= 0.6 is 11.6 Å². The lowest BCUT2D eigenvalue weighted by atomic mass is 9.93. The van der Waals surface area contributed by atoms with E-state index in [2.05, 4.69) is 0 Å². The van der Waals surface area contributed by atoms with Gasteiger partial charge in [-0.3, -0.25) is 0 Å². The maximum absolute atomic E-state index is 13.7. The molecule has 0 amide bonds. The summed E-state index contributed by atoms with van der Waals surface area (Å²) in [5, 5.41) is 0. The van der Waals surface area contributed by atoms with Gasteiger partial charge in [-0.05, 0) is 37.5 Å². The zero-order chi connectivity index (χ0) is 14.8. The second-order valence-electron chi connectivity index (χ2n) is 4.82. The lowest BCUT2D eigenvalue weighted by Gasteiger charge is -2.36. The lowest BCUT2D eigenvalue weighted by molar-refractivity contribution is 0.219. The van der Waals surface area contributed by atoms with Crippen LogP contribution in [0.1, 0.15) is 25.7 Å². The molecule has 1 aliphatic carbocycles. The van der Waals surface area contributed by atoms with Gasteiger partial charge < -0.3 is 0 Å². The van der Waals surface area contributed by atoms with Crippen LogP contribution in [0, 0.1) is 11.6 Å². The van der Waals surface area contributed by atoms with Gasteiger partial charge in [0.1, 0.15) is 16.5 Å². The molecular weight excluding hydrogens is 308 g/mol. The number of halogens is 3. The molecule has 1 fully saturated rings. The highest BCUT2D eigenvalue weighted by molar-refractivity contribution is 7.89. The minimum absolute atomic E-state index is 0.133. The zero-order valence-corrected chi connectivity index (χ0v) is 12.4. The van der Waals surface area contributed by atoms with Crippen molar-refractivity contribution < 1.29 is 17.2 Å². The monoisotopic (exact) mass is 323 g/mol. The Morgan fingerprint density at radius 1 is 1.30 bits per heavy atom. The fourth-order valence-corrected chi connectivity index (χ4v) is 4.11. The van der Waals surface area contributed by atoms with E-state index in [0.29, 0.717) is 12.3 Å². The number of hydrogen-bond acceptors (Lipinski definition) is 2. The van der Waals surface area contributed by atoms with Gasteiger partial charge in [0.25, 0.3) is 0 Å². The number of rotatable bonds is 6. The fraction of sp³-hybridized carbons (Fsp3) is 0.538. The number of nitrogens with zero attached hydrogens (tertiary/aromatic N) is 1. The van der Waals surface area contributed by atoms with Crippen molar-refractivity contribution in [2.24, 2.45) is 0 Å². The maximum atomic E-state index is 13.7. The van der Waals surface area contributed by atoms with Crippen molar-refractivity contribution in [2.45, 2.75) is 36.6 Å². The van der Waals surface area contributed by atoms with E-state index in [4.69, 9.17) is 11.6 Å². The average molecular weight is 324 g/mol. The summed E-state index contributed by atoms with van der Waals surface area (Å²) < 4.78 is 53.3. The second-order valence-corrected chi connectivity index (χ2v) is 7.05. The van der Waals surface area contributed by atoms with Gasteiger partial charge in [0.05, 0.1) is 0 Å². The van der Waals surface area contributed by atoms with Crippen molar-refractivity contribution >= 4 is 21.6 Å². The Balaban J connectivity index is 2.36. The van der Waals surface area contributed by atoms with Crippen molar-refractivity contribution in [1.82, 2.24) is 4.31 Å². The molecule has 0 bridgehead atoms. The van der Waals surface area contributed by atoms with Gasteiger partial charge in [-0.1, -0.05) is 6.42 Å². The molecule has 0 unspecified atom stereocenters. The highest BCUT2D eigenvalue weighted by Gasteiger charge is 2.36. The van der Waals surface area contributed by atoms with Crippen LogP contribution < -0.4 is 0 Å². The Labute approximate surface area is 122 Å². The second kappa shape index (κ2) is 6.37. The Hall–Kier alpha value is -0.720. The summed E-state index contributed by atoms with van der Waals surface area (Å²) >= 11 is 5.61. The number of benzene rings is 1. The smallest absolute Gasteiger partial charge is 0.207 e. The molecule has 1 aromatic rings. The van der Waals surface area contributed by atoms with Gasteiger partial charge in [-0.25, -0.2) is 17.2 Å². The normalized spacial score (nSPS) is 16.4. The zero-order valence-electron chi connectivity index (χ0n) is 10.9. The molecule has 20 heavy (non-hydrogen) atoms. The average Bonchev–Trinajstić information content (AvgIpc) is 2.34. The molecule has 0 spiro atoms. The van der Waals surface area contributed by atoms with Gasteiger partial charge in [0.2, 0.25) is 10.0 Å². The van der Waals surface area contributed by atoms with Crippen molar-refractivity contribution in [3.05, 3.63) is 29.8 Å². The van der Waals surface area contributed by atoms with Crippen LogP contribution in [0.3, 0.4) is 0 Å². The molecule has 0 atom stereocenters. The minimum atomic E-state index is -4.03. The van der Waals surface area contributed by atoms with Crippen LogP contribution in [-0.4, -0.2) is 31.2 Å². The van der Waals surface area contributed by atoms with E-state index in [1.54, 1.807) is 0 Å². The third kappa shape index (κ3) is 3.13. The summed E-state index contributed by atoms with van der Waals surface area (Å²) in [7, 11) is -4.03. The van der Waals surface area contributed by atoms with Crippen LogP contribution in [0.2, 0.25) is 0 Å². The first-order chi connectivity index (χ1) is 9.46. The van der Waals surface area contributed by atoms with Gasteiger partial charge >= 0.3 is 0 Å². The van der Waals surface area contributed by atoms with Crippen molar-refractivity contribution in [3.8, 4) is 0 Å². The van der Waals surface area contributed by atoms with E-state index in [-0.39, 0.29) is 12.6 Å². The van der Waals surface area contributed by atoms with Crippen molar-refractivity contribution in [1.29, 1.82) is 0 Å². The summed E-state index contributed by atoms with van der Waals surface area (Å²) in [5.74, 6) is -1.37. The lowest BCUT2D eigenvalue weighted by Crippen LogP contribution is -2.45. The Bertz CT molecular complexity index is 576. The third-order valence-corrected chi connectivity index (χ3v) is 5.71. The molecule has 0 N–H and O–H groups in total. The van der Waals surface area contributed by atoms with Crippen LogP contribution in [-0.2, 0) is 10.0 Å². The SMILES string of the molecule is O=S(=O)(c1cc(F)ccc1F)N(CCCCl)C1CCC1. The molecule has 0 aliphatic heterocycles. The van der Waals surface area contributed by atoms with Gasteiger partial charge in [0, 0.05) is 18.5 Å². The molecule has 2 rings (SSSR count). The van der Waals surface area contributed by atoms with Crippen molar-refractivity contribution in [3.63, 3.8) is 0 Å². The summed E-state index contributed by atoms with van der Waals surface area (Å²) in [6.45, 7) is 0.229. The molecule has 0 aromatic heterocycles. The molecule has 112 valence electrons. The predicted octanol–water partition coefficient (Wildman–Crippen LogP) is 3.14. The quantitative estimate of drug-likeness (QED) is 0.754. The minimum Gasteiger partial charge on any atom is -0.207 e. The fourth-order valence-electron chi connectivity index (χ4n) is 2.19. The first-order valence-corrected chi connectivity index (χ1v) is 8.47. The summed E-state index contributed by atoms with van der Waals surface area (Å²) in [4.78, 5) is -0.598. The van der Waals surface area contributed by atoms with E-state index in [1.165, 1.54) is 4.31 Å². The molecule has 0 heterocycles. The first-order valence-electron chi connectivity index (χ1n) is 6.49. The van der Waals surface area contributed by atoms with E-state index in [1.807, 2.05) is 0 Å². The predicted molar refractivity (Wildman–Crippen MR) is 73.2 cm³/mol. The van der Waals surface area contributed by atoms with Crippen LogP contribution in [0.15, 0.2) is 23.1 Å². The molecular formula is C13H16ClF2NO2S. The summed E-state index contributed by atoms with van der Waals surface area (Å²) in [6, 6.07) is 2.34. The molecule has 3 nitrogen and oxygen atoms in total. The van der Waals surface area contributed by atoms with Gasteiger partial charge in [0.15, 0.2) is 0 Å². The van der Waals surface area contributed by atoms with Gasteiger partial charge in [-0.2, -0.15) is 4.31 Å². The first kappa shape index (κ1) is 15.7. The van der Waals surface area contributed by atoms with Crippen molar-refractivity contribution in [2.75, 3.05) is 12.4 Å².